The number of likely N-dealkylation sites (N-methyl/N-ethyl adjacent to an activating group) is 1. The molecule has 1 amide bonds. The number of sulfonamides is 1. The van der Waals surface area contributed by atoms with Crippen molar-refractivity contribution in [3.05, 3.63) is 65.7 Å². The summed E-state index contributed by atoms with van der Waals surface area (Å²) in [6.07, 6.45) is 1.99. The number of rotatable bonds is 8. The van der Waals surface area contributed by atoms with Gasteiger partial charge < -0.3 is 9.80 Å². The van der Waals surface area contributed by atoms with Gasteiger partial charge in [-0.3, -0.25) is 4.79 Å². The van der Waals surface area contributed by atoms with Gasteiger partial charge in [0, 0.05) is 13.6 Å². The highest BCUT2D eigenvalue weighted by Gasteiger charge is 2.31. The van der Waals surface area contributed by atoms with Gasteiger partial charge in [0.25, 0.3) is 5.91 Å². The van der Waals surface area contributed by atoms with E-state index in [0.29, 0.717) is 44.2 Å². The summed E-state index contributed by atoms with van der Waals surface area (Å²) < 4.78 is 27.4. The Morgan fingerprint density at radius 1 is 1.00 bits per heavy atom. The highest BCUT2D eigenvalue weighted by atomic mass is 32.2. The van der Waals surface area contributed by atoms with Crippen LogP contribution < -0.4 is 4.90 Å². The van der Waals surface area contributed by atoms with Crippen LogP contribution in [0.3, 0.4) is 0 Å². The molecule has 0 aromatic heterocycles. The number of benzene rings is 2. The first-order valence-electron chi connectivity index (χ1n) is 10.6. The van der Waals surface area contributed by atoms with E-state index in [0.717, 1.165) is 28.9 Å². The lowest BCUT2D eigenvalue weighted by atomic mass is 10.1. The Balaban J connectivity index is 1.51. The molecule has 1 heterocycles. The Hall–Kier alpha value is -2.22. The Labute approximate surface area is 180 Å². The molecule has 0 radical (unpaired) electrons. The van der Waals surface area contributed by atoms with Gasteiger partial charge in [-0.2, -0.15) is 4.31 Å². The first kappa shape index (κ1) is 22.5. The molecule has 1 aliphatic heterocycles. The third-order valence-electron chi connectivity index (χ3n) is 5.62. The number of nitrogens with one attached hydrogen (secondary N) is 1. The molecular formula is C23H32N3O3S+. The summed E-state index contributed by atoms with van der Waals surface area (Å²) in [7, 11) is -1.66. The van der Waals surface area contributed by atoms with Gasteiger partial charge in [0.15, 0.2) is 6.54 Å². The van der Waals surface area contributed by atoms with Gasteiger partial charge in [-0.1, -0.05) is 55.8 Å². The van der Waals surface area contributed by atoms with Crippen LogP contribution in [0.4, 0.5) is 0 Å². The fraction of sp³-hybridized carbons (Fsp3) is 0.435. The highest BCUT2D eigenvalue weighted by molar-refractivity contribution is 7.89. The molecule has 162 valence electrons. The summed E-state index contributed by atoms with van der Waals surface area (Å²) in [5, 5.41) is 0. The van der Waals surface area contributed by atoms with Crippen molar-refractivity contribution in [3.8, 4) is 0 Å². The normalized spacial score (nSPS) is 15.8. The van der Waals surface area contributed by atoms with E-state index in [2.05, 4.69) is 6.92 Å². The van der Waals surface area contributed by atoms with Crippen LogP contribution in [-0.4, -0.2) is 63.3 Å². The molecule has 0 spiro atoms. The topological polar surface area (TPSA) is 62.1 Å². The number of amides is 1. The van der Waals surface area contributed by atoms with Crippen molar-refractivity contribution in [1.29, 1.82) is 0 Å². The third kappa shape index (κ3) is 5.68. The minimum atomic E-state index is -3.48. The lowest BCUT2D eigenvalue weighted by Gasteiger charge is -2.32. The molecule has 1 aliphatic rings. The number of quaternary nitrogens is 1. The van der Waals surface area contributed by atoms with Crippen molar-refractivity contribution < 1.29 is 18.1 Å². The number of carbonyl (C=O) groups excluding carboxylic acids is 1. The number of nitrogens with zero attached hydrogens (tertiary/aromatic N) is 2. The van der Waals surface area contributed by atoms with E-state index in [4.69, 9.17) is 0 Å². The van der Waals surface area contributed by atoms with Gasteiger partial charge in [-0.05, 0) is 29.7 Å². The smallest absolute Gasteiger partial charge is 0.277 e. The van der Waals surface area contributed by atoms with Crippen LogP contribution in [-0.2, 0) is 27.8 Å². The zero-order chi connectivity index (χ0) is 21.6. The number of piperazine rings is 1. The van der Waals surface area contributed by atoms with Crippen LogP contribution in [0.2, 0.25) is 0 Å². The number of carbonyl (C=O) groups is 1. The van der Waals surface area contributed by atoms with Crippen LogP contribution >= 0.6 is 0 Å². The second kappa shape index (κ2) is 10.2. The zero-order valence-electron chi connectivity index (χ0n) is 17.9. The fourth-order valence-corrected chi connectivity index (χ4v) is 5.22. The first-order chi connectivity index (χ1) is 14.4. The number of hydrogen-bond acceptors (Lipinski definition) is 3. The monoisotopic (exact) mass is 430 g/mol. The van der Waals surface area contributed by atoms with Crippen molar-refractivity contribution in [3.63, 3.8) is 0 Å². The van der Waals surface area contributed by atoms with E-state index in [1.165, 1.54) is 0 Å². The minimum Gasteiger partial charge on any atom is -0.337 e. The van der Waals surface area contributed by atoms with Crippen molar-refractivity contribution in [2.75, 3.05) is 39.8 Å². The van der Waals surface area contributed by atoms with E-state index in [9.17, 15) is 13.2 Å². The molecule has 3 rings (SSSR count). The summed E-state index contributed by atoms with van der Waals surface area (Å²) in [6, 6.07) is 17.1. The quantitative estimate of drug-likeness (QED) is 0.684. The Morgan fingerprint density at radius 2 is 1.63 bits per heavy atom. The maximum absolute atomic E-state index is 12.9. The maximum atomic E-state index is 12.9. The van der Waals surface area contributed by atoms with E-state index in [1.54, 1.807) is 21.3 Å². The molecule has 30 heavy (non-hydrogen) atoms. The lowest BCUT2D eigenvalue weighted by molar-refractivity contribution is -0.896. The van der Waals surface area contributed by atoms with Crippen LogP contribution in [0.5, 0.6) is 0 Å². The van der Waals surface area contributed by atoms with Gasteiger partial charge in [0.1, 0.15) is 0 Å². The Kier molecular flexibility index (Phi) is 7.64. The summed E-state index contributed by atoms with van der Waals surface area (Å²) in [4.78, 5) is 15.8. The van der Waals surface area contributed by atoms with Gasteiger partial charge in [-0.25, -0.2) is 8.42 Å². The molecule has 1 saturated heterocycles. The van der Waals surface area contributed by atoms with E-state index < -0.39 is 10.0 Å². The SMILES string of the molecule is CCCc1ccc(S(=O)(=O)N2CC[NH+](CC(=O)N(C)Cc3ccccc3)CC2)cc1. The molecule has 1 N–H and O–H groups in total. The predicted molar refractivity (Wildman–Crippen MR) is 118 cm³/mol. The predicted octanol–water partition coefficient (Wildman–Crippen LogP) is 1.19. The first-order valence-corrected chi connectivity index (χ1v) is 12.0. The number of hydrogen-bond donors (Lipinski definition) is 1. The molecule has 1 fully saturated rings. The zero-order valence-corrected chi connectivity index (χ0v) is 18.7. The molecule has 0 aliphatic carbocycles. The van der Waals surface area contributed by atoms with E-state index >= 15 is 0 Å². The fourth-order valence-electron chi connectivity index (χ4n) is 3.78. The van der Waals surface area contributed by atoms with Crippen molar-refractivity contribution >= 4 is 15.9 Å². The van der Waals surface area contributed by atoms with Crippen LogP contribution in [0, 0.1) is 0 Å². The van der Waals surface area contributed by atoms with Gasteiger partial charge in [-0.15, -0.1) is 0 Å². The van der Waals surface area contributed by atoms with Crippen LogP contribution in [0.1, 0.15) is 24.5 Å². The van der Waals surface area contributed by atoms with Crippen molar-refractivity contribution in [2.24, 2.45) is 0 Å². The number of aryl methyl sites for hydroxylation is 1. The molecule has 2 aromatic rings. The van der Waals surface area contributed by atoms with Crippen LogP contribution in [0.25, 0.3) is 0 Å². The second-order valence-corrected chi connectivity index (χ2v) is 9.90. The molecule has 2 aromatic carbocycles. The molecule has 6 nitrogen and oxygen atoms in total. The minimum absolute atomic E-state index is 0.0803. The average molecular weight is 431 g/mol. The molecule has 0 atom stereocenters. The molecule has 0 bridgehead atoms. The van der Waals surface area contributed by atoms with Crippen molar-refractivity contribution in [2.45, 2.75) is 31.2 Å². The van der Waals surface area contributed by atoms with E-state index in [1.807, 2.05) is 49.5 Å². The molecule has 0 unspecified atom stereocenters. The maximum Gasteiger partial charge on any atom is 0.277 e. The summed E-state index contributed by atoms with van der Waals surface area (Å²) in [6.45, 7) is 5.23. The molecule has 0 saturated carbocycles. The Morgan fingerprint density at radius 3 is 2.23 bits per heavy atom. The third-order valence-corrected chi connectivity index (χ3v) is 7.53. The molecule has 7 heteroatoms. The highest BCUT2D eigenvalue weighted by Crippen LogP contribution is 2.17. The second-order valence-electron chi connectivity index (χ2n) is 7.96. The average Bonchev–Trinajstić information content (AvgIpc) is 2.75. The molecular weight excluding hydrogens is 398 g/mol. The summed E-state index contributed by atoms with van der Waals surface area (Å²) >= 11 is 0. The van der Waals surface area contributed by atoms with Gasteiger partial charge in [0.05, 0.1) is 31.1 Å². The van der Waals surface area contributed by atoms with Gasteiger partial charge in [0.2, 0.25) is 10.0 Å². The van der Waals surface area contributed by atoms with Crippen molar-refractivity contribution in [1.82, 2.24) is 9.21 Å². The summed E-state index contributed by atoms with van der Waals surface area (Å²) in [5.41, 5.74) is 2.26. The van der Waals surface area contributed by atoms with Gasteiger partial charge >= 0.3 is 0 Å². The lowest BCUT2D eigenvalue weighted by Crippen LogP contribution is -3.15. The largest absolute Gasteiger partial charge is 0.337 e. The summed E-state index contributed by atoms with van der Waals surface area (Å²) in [5.74, 6) is 0.0803. The van der Waals surface area contributed by atoms with E-state index in [-0.39, 0.29) is 5.91 Å². The Bertz CT molecular complexity index is 922. The van der Waals surface area contributed by atoms with Crippen LogP contribution in [0.15, 0.2) is 59.5 Å². The standard InChI is InChI=1S/C23H31N3O3S/c1-3-7-20-10-12-22(13-11-20)30(28,29)26-16-14-25(15-17-26)19-23(27)24(2)18-21-8-5-4-6-9-21/h4-6,8-13H,3,7,14-19H2,1-2H3/p+1.